The summed E-state index contributed by atoms with van der Waals surface area (Å²) in [4.78, 5) is 26.0. The number of furan rings is 1. The predicted octanol–water partition coefficient (Wildman–Crippen LogP) is 5.19. The number of carboxylic acid groups (broad SMARTS) is 1. The van der Waals surface area contributed by atoms with Crippen LogP contribution in [0.15, 0.2) is 81.9 Å². The average Bonchev–Trinajstić information content (AvgIpc) is 3.53. The summed E-state index contributed by atoms with van der Waals surface area (Å²) in [5, 5.41) is 12.6. The number of carbonyl (C=O) groups is 2. The molecule has 180 valence electrons. The summed E-state index contributed by atoms with van der Waals surface area (Å²) >= 11 is 0. The van der Waals surface area contributed by atoms with Crippen molar-refractivity contribution in [3.63, 3.8) is 0 Å². The molecule has 8 heteroatoms. The molecule has 0 aliphatic heterocycles. The fourth-order valence-electron chi connectivity index (χ4n) is 3.64. The Bertz CT molecular complexity index is 1280. The largest absolute Gasteiger partial charge is 0.485 e. The summed E-state index contributed by atoms with van der Waals surface area (Å²) < 4.78 is 16.5. The van der Waals surface area contributed by atoms with Crippen molar-refractivity contribution in [2.24, 2.45) is 0 Å². The Labute approximate surface area is 202 Å². The standard InChI is InChI=1S/C27H26N2O6/c1-18(2)29(27(32)20-11-9-19(10-12-20)24-8-5-13-33-24)16-21-6-3-4-7-25(21)34-17-23-14-22(28-35-23)15-26(30)31/h3-14,18H,15-17H2,1-2H3,(H,30,31). The van der Waals surface area contributed by atoms with E-state index in [0.29, 0.717) is 29.3 Å². The zero-order valence-corrected chi connectivity index (χ0v) is 19.5. The van der Waals surface area contributed by atoms with Gasteiger partial charge in [0.25, 0.3) is 5.91 Å². The van der Waals surface area contributed by atoms with Crippen molar-refractivity contribution in [2.45, 2.75) is 39.5 Å². The second kappa shape index (κ2) is 10.7. The molecule has 0 radical (unpaired) electrons. The number of ether oxygens (including phenoxy) is 1. The lowest BCUT2D eigenvalue weighted by atomic mass is 10.1. The smallest absolute Gasteiger partial charge is 0.309 e. The highest BCUT2D eigenvalue weighted by atomic mass is 16.5. The van der Waals surface area contributed by atoms with Gasteiger partial charge in [-0.05, 0) is 44.2 Å². The van der Waals surface area contributed by atoms with Crippen LogP contribution in [0.4, 0.5) is 0 Å². The molecule has 1 amide bonds. The molecule has 0 unspecified atom stereocenters. The van der Waals surface area contributed by atoms with Gasteiger partial charge in [0.2, 0.25) is 0 Å². The molecule has 2 aromatic carbocycles. The Morgan fingerprint density at radius 2 is 1.83 bits per heavy atom. The highest BCUT2D eigenvalue weighted by molar-refractivity contribution is 5.94. The van der Waals surface area contributed by atoms with E-state index in [-0.39, 0.29) is 25.0 Å². The van der Waals surface area contributed by atoms with Crippen molar-refractivity contribution < 1.29 is 28.4 Å². The molecule has 0 spiro atoms. The highest BCUT2D eigenvalue weighted by Gasteiger charge is 2.21. The van der Waals surface area contributed by atoms with Crippen molar-refractivity contribution in [2.75, 3.05) is 0 Å². The first-order valence-electron chi connectivity index (χ1n) is 11.2. The van der Waals surface area contributed by atoms with E-state index < -0.39 is 5.97 Å². The van der Waals surface area contributed by atoms with Crippen molar-refractivity contribution in [3.8, 4) is 17.1 Å². The van der Waals surface area contributed by atoms with Gasteiger partial charge in [0.05, 0.1) is 18.4 Å². The molecule has 0 fully saturated rings. The third-order valence-corrected chi connectivity index (χ3v) is 5.45. The third-order valence-electron chi connectivity index (χ3n) is 5.45. The van der Waals surface area contributed by atoms with E-state index in [0.717, 1.165) is 16.9 Å². The fraction of sp³-hybridized carbons (Fsp3) is 0.222. The van der Waals surface area contributed by atoms with Crippen LogP contribution in [0.1, 0.15) is 41.2 Å². The van der Waals surface area contributed by atoms with E-state index in [2.05, 4.69) is 5.16 Å². The van der Waals surface area contributed by atoms with Gasteiger partial charge in [-0.1, -0.05) is 35.5 Å². The maximum Gasteiger partial charge on any atom is 0.309 e. The number of rotatable bonds is 10. The number of hydrogen-bond acceptors (Lipinski definition) is 6. The van der Waals surface area contributed by atoms with Gasteiger partial charge >= 0.3 is 5.97 Å². The number of aliphatic carboxylic acids is 1. The van der Waals surface area contributed by atoms with Gasteiger partial charge in [0.1, 0.15) is 18.1 Å². The topological polar surface area (TPSA) is 106 Å². The maximum absolute atomic E-state index is 13.4. The van der Waals surface area contributed by atoms with Gasteiger partial charge < -0.3 is 23.7 Å². The molecule has 1 N–H and O–H groups in total. The Kier molecular flexibility index (Phi) is 7.30. The zero-order chi connectivity index (χ0) is 24.8. The Hall–Kier alpha value is -4.33. The molecule has 35 heavy (non-hydrogen) atoms. The fourth-order valence-corrected chi connectivity index (χ4v) is 3.64. The Morgan fingerprint density at radius 3 is 2.51 bits per heavy atom. The summed E-state index contributed by atoms with van der Waals surface area (Å²) in [6.45, 7) is 4.38. The van der Waals surface area contributed by atoms with Crippen LogP contribution >= 0.6 is 0 Å². The number of aromatic nitrogens is 1. The van der Waals surface area contributed by atoms with E-state index in [4.69, 9.17) is 18.8 Å². The molecule has 0 aliphatic carbocycles. The van der Waals surface area contributed by atoms with Gasteiger partial charge in [-0.3, -0.25) is 9.59 Å². The monoisotopic (exact) mass is 474 g/mol. The summed E-state index contributed by atoms with van der Waals surface area (Å²) in [6, 6.07) is 20.0. The molecule has 0 saturated heterocycles. The van der Waals surface area contributed by atoms with E-state index in [1.54, 1.807) is 29.4 Å². The van der Waals surface area contributed by atoms with Crippen LogP contribution in [-0.4, -0.2) is 33.1 Å². The van der Waals surface area contributed by atoms with Crippen LogP contribution in [0.2, 0.25) is 0 Å². The second-order valence-electron chi connectivity index (χ2n) is 8.33. The molecule has 4 rings (SSSR count). The van der Waals surface area contributed by atoms with Crippen LogP contribution in [0, 0.1) is 0 Å². The summed E-state index contributed by atoms with van der Waals surface area (Å²) in [6.07, 6.45) is 1.40. The van der Waals surface area contributed by atoms with Gasteiger partial charge in [0.15, 0.2) is 5.76 Å². The molecular formula is C27H26N2O6. The minimum absolute atomic E-state index is 0.0480. The van der Waals surface area contributed by atoms with Crippen molar-refractivity contribution >= 4 is 11.9 Å². The average molecular weight is 475 g/mol. The maximum atomic E-state index is 13.4. The van der Waals surface area contributed by atoms with E-state index in [9.17, 15) is 9.59 Å². The number of carboxylic acids is 1. The molecular weight excluding hydrogens is 448 g/mol. The number of para-hydroxylation sites is 1. The molecule has 4 aromatic rings. The predicted molar refractivity (Wildman–Crippen MR) is 128 cm³/mol. The molecule has 0 aliphatic rings. The summed E-state index contributed by atoms with van der Waals surface area (Å²) in [5.74, 6) is 0.705. The molecule has 0 bridgehead atoms. The normalized spacial score (nSPS) is 10.9. The van der Waals surface area contributed by atoms with E-state index in [1.807, 2.05) is 62.4 Å². The molecule has 2 aromatic heterocycles. The number of carbonyl (C=O) groups excluding carboxylic acids is 1. The van der Waals surface area contributed by atoms with Crippen LogP contribution < -0.4 is 4.74 Å². The van der Waals surface area contributed by atoms with Crippen molar-refractivity contribution in [1.82, 2.24) is 10.1 Å². The van der Waals surface area contributed by atoms with Crippen LogP contribution in [-0.2, 0) is 24.4 Å². The molecule has 2 heterocycles. The first-order chi connectivity index (χ1) is 16.9. The number of nitrogens with zero attached hydrogens (tertiary/aromatic N) is 2. The SMILES string of the molecule is CC(C)N(Cc1ccccc1OCc1cc(CC(=O)O)no1)C(=O)c1ccc(-c2ccco2)cc1. The van der Waals surface area contributed by atoms with Crippen LogP contribution in [0.25, 0.3) is 11.3 Å². The first kappa shape index (κ1) is 23.8. The number of hydrogen-bond donors (Lipinski definition) is 1. The third kappa shape index (κ3) is 5.97. The minimum atomic E-state index is -0.981. The van der Waals surface area contributed by atoms with Crippen LogP contribution in [0.3, 0.4) is 0 Å². The highest BCUT2D eigenvalue weighted by Crippen LogP contribution is 2.25. The lowest BCUT2D eigenvalue weighted by Crippen LogP contribution is -2.36. The van der Waals surface area contributed by atoms with Gasteiger partial charge in [-0.2, -0.15) is 0 Å². The Morgan fingerprint density at radius 1 is 1.06 bits per heavy atom. The Balaban J connectivity index is 1.47. The lowest BCUT2D eigenvalue weighted by Gasteiger charge is -2.28. The van der Waals surface area contributed by atoms with Crippen LogP contribution in [0.5, 0.6) is 5.75 Å². The van der Waals surface area contributed by atoms with Gasteiger partial charge in [0, 0.05) is 35.3 Å². The number of benzene rings is 2. The lowest BCUT2D eigenvalue weighted by molar-refractivity contribution is -0.136. The molecule has 0 saturated carbocycles. The second-order valence-corrected chi connectivity index (χ2v) is 8.33. The molecule has 0 atom stereocenters. The van der Waals surface area contributed by atoms with Crippen molar-refractivity contribution in [3.05, 3.63) is 95.6 Å². The van der Waals surface area contributed by atoms with Gasteiger partial charge in [-0.25, -0.2) is 0 Å². The zero-order valence-electron chi connectivity index (χ0n) is 19.5. The quantitative estimate of drug-likeness (QED) is 0.337. The summed E-state index contributed by atoms with van der Waals surface area (Å²) in [7, 11) is 0. The van der Waals surface area contributed by atoms with E-state index >= 15 is 0 Å². The first-order valence-corrected chi connectivity index (χ1v) is 11.2. The number of amides is 1. The molecule has 8 nitrogen and oxygen atoms in total. The minimum Gasteiger partial charge on any atom is -0.485 e. The summed E-state index contributed by atoms with van der Waals surface area (Å²) in [5.41, 5.74) is 2.66. The van der Waals surface area contributed by atoms with E-state index in [1.165, 1.54) is 0 Å². The van der Waals surface area contributed by atoms with Gasteiger partial charge in [-0.15, -0.1) is 0 Å². The van der Waals surface area contributed by atoms with Crippen molar-refractivity contribution in [1.29, 1.82) is 0 Å².